The van der Waals surface area contributed by atoms with Crippen molar-refractivity contribution in [2.75, 3.05) is 6.61 Å². The van der Waals surface area contributed by atoms with E-state index in [1.807, 2.05) is 60.7 Å². The molecule has 2 nitrogen and oxygen atoms in total. The molecule has 0 saturated heterocycles. The van der Waals surface area contributed by atoms with E-state index in [4.69, 9.17) is 11.2 Å². The molecule has 3 aromatic rings. The molecule has 3 aromatic carbocycles. The van der Waals surface area contributed by atoms with E-state index in [1.165, 1.54) is 0 Å². The van der Waals surface area contributed by atoms with Crippen LogP contribution in [0.5, 0.6) is 5.75 Å². The van der Waals surface area contributed by atoms with E-state index in [1.54, 1.807) is 0 Å². The molecule has 25 heavy (non-hydrogen) atoms. The number of benzene rings is 3. The van der Waals surface area contributed by atoms with E-state index in [2.05, 4.69) is 34.0 Å². The van der Waals surface area contributed by atoms with Gasteiger partial charge >= 0.3 is 0 Å². The van der Waals surface area contributed by atoms with Gasteiger partial charge in [-0.2, -0.15) is 5.26 Å². The van der Waals surface area contributed by atoms with Gasteiger partial charge in [-0.05, 0) is 62.1 Å². The zero-order valence-corrected chi connectivity index (χ0v) is 15.0. The van der Waals surface area contributed by atoms with Crippen molar-refractivity contribution in [2.24, 2.45) is 0 Å². The normalized spacial score (nSPS) is 10.9. The van der Waals surface area contributed by atoms with Crippen molar-refractivity contribution in [1.29, 1.82) is 5.26 Å². The minimum absolute atomic E-state index is 0.217. The fourth-order valence-electron chi connectivity index (χ4n) is 2.55. The van der Waals surface area contributed by atoms with Crippen LogP contribution in [0.1, 0.15) is 11.1 Å². The summed E-state index contributed by atoms with van der Waals surface area (Å²) in [5.74, 6) is 3.12. The van der Waals surface area contributed by atoms with Gasteiger partial charge in [0.25, 0.3) is 0 Å². The van der Waals surface area contributed by atoms with Crippen molar-refractivity contribution in [3.63, 3.8) is 0 Å². The van der Waals surface area contributed by atoms with Gasteiger partial charge in [0.1, 0.15) is 12.4 Å². The van der Waals surface area contributed by atoms with Crippen LogP contribution in [0.2, 0.25) is 0 Å². The van der Waals surface area contributed by atoms with Crippen LogP contribution in [0, 0.1) is 23.7 Å². The number of nitrogens with zero attached hydrogens (tertiary/aromatic N) is 1. The van der Waals surface area contributed by atoms with E-state index >= 15 is 0 Å². The summed E-state index contributed by atoms with van der Waals surface area (Å²) >= 11 is 3.47. The predicted molar refractivity (Wildman–Crippen MR) is 106 cm³/mol. The minimum atomic E-state index is 0.217. The Kier molecular flexibility index (Phi) is 5.19. The highest BCUT2D eigenvalue weighted by molar-refractivity contribution is 9.10. The first-order chi connectivity index (χ1) is 12.2. The molecule has 0 aliphatic carbocycles. The second kappa shape index (κ2) is 7.71. The van der Waals surface area contributed by atoms with Gasteiger partial charge in [-0.1, -0.05) is 48.4 Å². The highest BCUT2D eigenvalue weighted by atomic mass is 79.9. The molecule has 0 unspecified atom stereocenters. The fraction of sp³-hybridized carbons (Fsp3) is 0.0455. The quantitative estimate of drug-likeness (QED) is 0.327. The molecular formula is C22H14BrNO. The Bertz CT molecular complexity index is 1040. The van der Waals surface area contributed by atoms with Crippen LogP contribution in [-0.2, 0) is 0 Å². The number of ether oxygens (including phenoxy) is 1. The summed E-state index contributed by atoms with van der Waals surface area (Å²) in [6, 6.07) is 22.1. The van der Waals surface area contributed by atoms with E-state index in [9.17, 15) is 5.26 Å². The second-order valence-electron chi connectivity index (χ2n) is 5.41. The lowest BCUT2D eigenvalue weighted by molar-refractivity contribution is 0.368. The van der Waals surface area contributed by atoms with Gasteiger partial charge < -0.3 is 4.74 Å². The van der Waals surface area contributed by atoms with Gasteiger partial charge in [-0.3, -0.25) is 0 Å². The minimum Gasteiger partial charge on any atom is -0.480 e. The Morgan fingerprint density at radius 1 is 1.08 bits per heavy atom. The molecule has 0 radical (unpaired) electrons. The Morgan fingerprint density at radius 2 is 1.88 bits per heavy atom. The van der Waals surface area contributed by atoms with Crippen LogP contribution in [0.4, 0.5) is 0 Å². The molecule has 0 saturated carbocycles. The van der Waals surface area contributed by atoms with Crippen LogP contribution < -0.4 is 4.74 Å². The molecule has 0 aromatic heterocycles. The molecule has 120 valence electrons. The number of hydrogen-bond donors (Lipinski definition) is 0. The maximum Gasteiger partial charge on any atom is 0.148 e. The van der Waals surface area contributed by atoms with Gasteiger partial charge in [-0.15, -0.1) is 6.42 Å². The van der Waals surface area contributed by atoms with Crippen LogP contribution in [0.3, 0.4) is 0 Å². The highest BCUT2D eigenvalue weighted by Gasteiger charge is 2.05. The van der Waals surface area contributed by atoms with Gasteiger partial charge in [-0.25, -0.2) is 0 Å². The zero-order valence-electron chi connectivity index (χ0n) is 13.4. The molecule has 3 heteroatoms. The summed E-state index contributed by atoms with van der Waals surface area (Å²) in [6.07, 6.45) is 7.07. The first-order valence-corrected chi connectivity index (χ1v) is 8.47. The molecule has 3 rings (SSSR count). The summed E-state index contributed by atoms with van der Waals surface area (Å²) in [7, 11) is 0. The largest absolute Gasteiger partial charge is 0.480 e. The van der Waals surface area contributed by atoms with Crippen molar-refractivity contribution < 1.29 is 4.74 Å². The van der Waals surface area contributed by atoms with Crippen molar-refractivity contribution in [3.8, 4) is 24.2 Å². The Labute approximate surface area is 155 Å². The molecule has 0 amide bonds. The zero-order chi connectivity index (χ0) is 17.6. The van der Waals surface area contributed by atoms with Gasteiger partial charge in [0.05, 0.1) is 16.1 Å². The molecule has 0 fully saturated rings. The van der Waals surface area contributed by atoms with Crippen LogP contribution in [-0.4, -0.2) is 6.61 Å². The van der Waals surface area contributed by atoms with Crippen molar-refractivity contribution in [1.82, 2.24) is 0 Å². The number of hydrogen-bond acceptors (Lipinski definition) is 2. The number of halogens is 1. The lowest BCUT2D eigenvalue weighted by Crippen LogP contribution is -1.94. The number of fused-ring (bicyclic) bond motifs is 1. The molecular weight excluding hydrogens is 374 g/mol. The first kappa shape index (κ1) is 16.8. The van der Waals surface area contributed by atoms with E-state index in [-0.39, 0.29) is 6.61 Å². The maximum atomic E-state index is 9.58. The summed E-state index contributed by atoms with van der Waals surface area (Å²) in [5.41, 5.74) is 2.41. The predicted octanol–water partition coefficient (Wildman–Crippen LogP) is 5.68. The SMILES string of the molecule is C#CCOc1ccc(/C=C(/C#N)c2ccc3ccccc3c2)cc1Br. The lowest BCUT2D eigenvalue weighted by atomic mass is 10.0. The molecule has 0 aliphatic rings. The standard InChI is InChI=1S/C22H14BrNO/c1-2-11-25-22-10-7-16(13-21(22)23)12-20(15-24)19-9-8-17-5-3-4-6-18(17)14-19/h1,3-10,12-14H,11H2/b20-12-. The van der Waals surface area contributed by atoms with Crippen molar-refractivity contribution >= 4 is 38.4 Å². The number of terminal acetylenes is 1. The summed E-state index contributed by atoms with van der Waals surface area (Å²) < 4.78 is 6.23. The average Bonchev–Trinajstić information content (AvgIpc) is 2.65. The molecule has 0 aliphatic heterocycles. The average molecular weight is 388 g/mol. The summed E-state index contributed by atoms with van der Waals surface area (Å²) in [6.45, 7) is 0.217. The van der Waals surface area contributed by atoms with Gasteiger partial charge in [0, 0.05) is 0 Å². The number of rotatable bonds is 4. The van der Waals surface area contributed by atoms with Crippen LogP contribution in [0.15, 0.2) is 65.1 Å². The third kappa shape index (κ3) is 3.91. The third-order valence-electron chi connectivity index (χ3n) is 3.76. The van der Waals surface area contributed by atoms with Gasteiger partial charge in [0.15, 0.2) is 0 Å². The molecule has 0 heterocycles. The number of nitriles is 1. The number of allylic oxidation sites excluding steroid dienone is 1. The van der Waals surface area contributed by atoms with E-state index in [0.717, 1.165) is 26.4 Å². The smallest absolute Gasteiger partial charge is 0.148 e. The summed E-state index contributed by atoms with van der Waals surface area (Å²) in [4.78, 5) is 0. The maximum absolute atomic E-state index is 9.58. The third-order valence-corrected chi connectivity index (χ3v) is 4.38. The molecule has 0 N–H and O–H groups in total. The van der Waals surface area contributed by atoms with Gasteiger partial charge in [0.2, 0.25) is 0 Å². The van der Waals surface area contributed by atoms with Crippen LogP contribution in [0.25, 0.3) is 22.4 Å². The second-order valence-corrected chi connectivity index (χ2v) is 6.27. The lowest BCUT2D eigenvalue weighted by Gasteiger charge is -2.07. The molecule has 0 atom stereocenters. The molecule has 0 spiro atoms. The fourth-order valence-corrected chi connectivity index (χ4v) is 3.06. The topological polar surface area (TPSA) is 33.0 Å². The highest BCUT2D eigenvalue weighted by Crippen LogP contribution is 2.28. The Balaban J connectivity index is 1.95. The van der Waals surface area contributed by atoms with Crippen LogP contribution >= 0.6 is 15.9 Å². The monoisotopic (exact) mass is 387 g/mol. The van der Waals surface area contributed by atoms with Crippen molar-refractivity contribution in [2.45, 2.75) is 0 Å². The van der Waals surface area contributed by atoms with Crippen molar-refractivity contribution in [3.05, 3.63) is 76.3 Å². The Morgan fingerprint density at radius 3 is 2.60 bits per heavy atom. The Hall–Kier alpha value is -3.01. The van der Waals surface area contributed by atoms with E-state index < -0.39 is 0 Å². The summed E-state index contributed by atoms with van der Waals surface area (Å²) in [5, 5.41) is 11.8. The van der Waals surface area contributed by atoms with E-state index in [0.29, 0.717) is 11.3 Å². The molecule has 0 bridgehead atoms. The first-order valence-electron chi connectivity index (χ1n) is 7.68.